The normalized spacial score (nSPS) is 11.8. The molecule has 0 heterocycles. The summed E-state index contributed by atoms with van der Waals surface area (Å²) in [6.07, 6.45) is 0. The first kappa shape index (κ1) is 25.2. The van der Waals surface area contributed by atoms with Crippen LogP contribution in [-0.2, 0) is 14.8 Å². The number of aryl methyl sites for hydroxylation is 1. The molecule has 8 heteroatoms. The van der Waals surface area contributed by atoms with Crippen LogP contribution in [0.4, 0.5) is 5.69 Å². The van der Waals surface area contributed by atoms with E-state index in [4.69, 9.17) is 4.74 Å². The highest BCUT2D eigenvalue weighted by Gasteiger charge is 2.29. The number of hydrogen-bond acceptors (Lipinski definition) is 4. The van der Waals surface area contributed by atoms with Gasteiger partial charge in [-0.1, -0.05) is 45.4 Å². The van der Waals surface area contributed by atoms with E-state index in [1.54, 1.807) is 18.2 Å². The molecule has 2 rings (SSSR count). The first-order valence-electron chi connectivity index (χ1n) is 10.2. The number of carbonyl (C=O) groups excluding carboxylic acids is 1. The van der Waals surface area contributed by atoms with Gasteiger partial charge in [-0.05, 0) is 65.0 Å². The van der Waals surface area contributed by atoms with Gasteiger partial charge in [0.15, 0.2) is 0 Å². The van der Waals surface area contributed by atoms with Crippen molar-refractivity contribution in [2.45, 2.75) is 45.6 Å². The molecule has 0 atom stereocenters. The van der Waals surface area contributed by atoms with Crippen molar-refractivity contribution in [3.8, 4) is 5.75 Å². The van der Waals surface area contributed by atoms with Crippen LogP contribution >= 0.6 is 15.9 Å². The second kappa shape index (κ2) is 10.5. The third-order valence-corrected chi connectivity index (χ3v) is 7.47. The maximum absolute atomic E-state index is 13.5. The highest BCUT2D eigenvalue weighted by Crippen LogP contribution is 2.30. The summed E-state index contributed by atoms with van der Waals surface area (Å²) in [7, 11) is -2.49. The van der Waals surface area contributed by atoms with Gasteiger partial charge >= 0.3 is 0 Å². The number of ether oxygens (including phenoxy) is 1. The van der Waals surface area contributed by atoms with E-state index in [2.05, 4.69) is 21.2 Å². The maximum atomic E-state index is 13.5. The first-order valence-corrected chi connectivity index (χ1v) is 12.4. The minimum atomic E-state index is -4.00. The maximum Gasteiger partial charge on any atom is 0.264 e. The lowest BCUT2D eigenvalue weighted by atomic mass is 9.93. The van der Waals surface area contributed by atoms with Crippen LogP contribution in [-0.4, -0.2) is 34.0 Å². The van der Waals surface area contributed by atoms with Gasteiger partial charge in [0.2, 0.25) is 5.91 Å². The Morgan fingerprint density at radius 2 is 1.65 bits per heavy atom. The van der Waals surface area contributed by atoms with Gasteiger partial charge in [0, 0.05) is 6.04 Å². The van der Waals surface area contributed by atoms with Gasteiger partial charge in [-0.15, -0.1) is 0 Å². The van der Waals surface area contributed by atoms with Gasteiger partial charge in [-0.2, -0.15) is 0 Å². The zero-order valence-electron chi connectivity index (χ0n) is 18.8. The molecule has 0 bridgehead atoms. The molecule has 6 nitrogen and oxygen atoms in total. The lowest BCUT2D eigenvalue weighted by Gasteiger charge is -2.29. The van der Waals surface area contributed by atoms with Crippen molar-refractivity contribution in [2.24, 2.45) is 11.8 Å². The van der Waals surface area contributed by atoms with E-state index in [9.17, 15) is 13.2 Å². The molecule has 0 spiro atoms. The largest absolute Gasteiger partial charge is 0.496 e. The second-order valence-electron chi connectivity index (χ2n) is 8.22. The van der Waals surface area contributed by atoms with Crippen LogP contribution in [0.1, 0.15) is 33.3 Å². The number of anilines is 1. The van der Waals surface area contributed by atoms with E-state index in [0.717, 1.165) is 9.87 Å². The molecule has 0 aliphatic carbocycles. The van der Waals surface area contributed by atoms with Crippen LogP contribution < -0.4 is 14.4 Å². The number of nitrogens with zero attached hydrogens (tertiary/aromatic N) is 1. The zero-order valence-corrected chi connectivity index (χ0v) is 21.2. The Bertz CT molecular complexity index is 997. The SMILES string of the molecule is COc1ccc(S(=O)(=O)N(CC(=O)NC(C(C)C)C(C)C)c2ccc(C)cc2)cc1Br. The molecule has 2 aromatic rings. The van der Waals surface area contributed by atoms with Crippen LogP contribution in [0.5, 0.6) is 5.75 Å². The molecule has 0 radical (unpaired) electrons. The van der Waals surface area contributed by atoms with Crippen LogP contribution in [0.2, 0.25) is 0 Å². The highest BCUT2D eigenvalue weighted by atomic mass is 79.9. The molecule has 170 valence electrons. The van der Waals surface area contributed by atoms with Gasteiger partial charge in [0.05, 0.1) is 22.2 Å². The number of benzene rings is 2. The molecule has 0 aliphatic heterocycles. The van der Waals surface area contributed by atoms with Gasteiger partial charge in [0.1, 0.15) is 12.3 Å². The summed E-state index contributed by atoms with van der Waals surface area (Å²) in [5.74, 6) is 0.635. The predicted molar refractivity (Wildman–Crippen MR) is 128 cm³/mol. The monoisotopic (exact) mass is 510 g/mol. The molecule has 1 amide bonds. The second-order valence-corrected chi connectivity index (χ2v) is 10.9. The van der Waals surface area contributed by atoms with E-state index < -0.39 is 10.0 Å². The Hall–Kier alpha value is -2.06. The van der Waals surface area contributed by atoms with Crippen molar-refractivity contribution in [1.29, 1.82) is 0 Å². The third-order valence-electron chi connectivity index (χ3n) is 5.08. The average Bonchev–Trinajstić information content (AvgIpc) is 2.70. The molecule has 0 unspecified atom stereocenters. The number of amides is 1. The van der Waals surface area contributed by atoms with E-state index >= 15 is 0 Å². The zero-order chi connectivity index (χ0) is 23.3. The topological polar surface area (TPSA) is 75.7 Å². The van der Waals surface area contributed by atoms with Crippen molar-refractivity contribution in [3.05, 3.63) is 52.5 Å². The van der Waals surface area contributed by atoms with Crippen LogP contribution in [0, 0.1) is 18.8 Å². The molecular formula is C23H31BrN2O4S. The summed E-state index contributed by atoms with van der Waals surface area (Å²) in [6, 6.07) is 11.6. The number of nitrogens with one attached hydrogen (secondary N) is 1. The Balaban J connectivity index is 2.44. The number of methoxy groups -OCH3 is 1. The fourth-order valence-electron chi connectivity index (χ4n) is 3.43. The quantitative estimate of drug-likeness (QED) is 0.527. The third kappa shape index (κ3) is 6.23. The number of halogens is 1. The number of rotatable bonds is 9. The standard InChI is InChI=1S/C23H31BrN2O4S/c1-15(2)23(16(3)4)25-22(27)14-26(18-9-7-17(5)8-10-18)31(28,29)19-11-12-21(30-6)20(24)13-19/h7-13,15-16,23H,14H2,1-6H3,(H,25,27). The van der Waals surface area contributed by atoms with Crippen LogP contribution in [0.3, 0.4) is 0 Å². The number of hydrogen-bond donors (Lipinski definition) is 1. The molecule has 0 aromatic heterocycles. The molecule has 0 aliphatic rings. The number of carbonyl (C=O) groups is 1. The summed E-state index contributed by atoms with van der Waals surface area (Å²) in [5, 5.41) is 3.01. The molecule has 0 fully saturated rings. The molecule has 31 heavy (non-hydrogen) atoms. The summed E-state index contributed by atoms with van der Waals surface area (Å²) < 4.78 is 34.0. The van der Waals surface area contributed by atoms with Crippen LogP contribution in [0.15, 0.2) is 51.8 Å². The van der Waals surface area contributed by atoms with E-state index in [0.29, 0.717) is 15.9 Å². The summed E-state index contributed by atoms with van der Waals surface area (Å²) in [5.41, 5.74) is 1.43. The average molecular weight is 511 g/mol. The van der Waals surface area contributed by atoms with Crippen molar-refractivity contribution in [2.75, 3.05) is 18.0 Å². The first-order chi connectivity index (χ1) is 14.5. The highest BCUT2D eigenvalue weighted by molar-refractivity contribution is 9.10. The van der Waals surface area contributed by atoms with Gasteiger partial charge < -0.3 is 10.1 Å². The predicted octanol–water partition coefficient (Wildman–Crippen LogP) is 4.76. The van der Waals surface area contributed by atoms with Gasteiger partial charge in [-0.3, -0.25) is 9.10 Å². The molecule has 1 N–H and O–H groups in total. The van der Waals surface area contributed by atoms with E-state index in [1.807, 2.05) is 46.8 Å². The Morgan fingerprint density at radius 3 is 2.13 bits per heavy atom. The van der Waals surface area contributed by atoms with Crippen molar-refractivity contribution < 1.29 is 17.9 Å². The lowest BCUT2D eigenvalue weighted by Crippen LogP contribution is -2.47. The fraction of sp³-hybridized carbons (Fsp3) is 0.435. The Kier molecular flexibility index (Phi) is 8.54. The minimum absolute atomic E-state index is 0.0507. The molecule has 0 saturated heterocycles. The van der Waals surface area contributed by atoms with E-state index in [1.165, 1.54) is 19.2 Å². The Labute approximate surface area is 194 Å². The van der Waals surface area contributed by atoms with E-state index in [-0.39, 0.29) is 35.2 Å². The lowest BCUT2D eigenvalue weighted by molar-refractivity contribution is -0.121. The molecule has 0 saturated carbocycles. The summed E-state index contributed by atoms with van der Waals surface area (Å²) in [6.45, 7) is 9.75. The van der Waals surface area contributed by atoms with Crippen molar-refractivity contribution in [1.82, 2.24) is 5.32 Å². The smallest absolute Gasteiger partial charge is 0.264 e. The molecular weight excluding hydrogens is 480 g/mol. The number of sulfonamides is 1. The summed E-state index contributed by atoms with van der Waals surface area (Å²) >= 11 is 3.34. The van der Waals surface area contributed by atoms with Gasteiger partial charge in [0.25, 0.3) is 10.0 Å². The minimum Gasteiger partial charge on any atom is -0.496 e. The Morgan fingerprint density at radius 1 is 1.06 bits per heavy atom. The van der Waals surface area contributed by atoms with Gasteiger partial charge in [-0.25, -0.2) is 8.42 Å². The van der Waals surface area contributed by atoms with Crippen molar-refractivity contribution >= 4 is 37.5 Å². The summed E-state index contributed by atoms with van der Waals surface area (Å²) in [4.78, 5) is 13.0. The fourth-order valence-corrected chi connectivity index (χ4v) is 5.57. The van der Waals surface area contributed by atoms with Crippen LogP contribution in [0.25, 0.3) is 0 Å². The molecule has 2 aromatic carbocycles. The van der Waals surface area contributed by atoms with Crippen molar-refractivity contribution in [3.63, 3.8) is 0 Å².